The maximum absolute atomic E-state index is 12.2. The van der Waals surface area contributed by atoms with Crippen molar-refractivity contribution in [3.8, 4) is 0 Å². The molecule has 0 atom stereocenters. The van der Waals surface area contributed by atoms with Crippen molar-refractivity contribution in [2.45, 2.75) is 11.4 Å². The molecule has 102 valence electrons. The van der Waals surface area contributed by atoms with Gasteiger partial charge in [-0.15, -0.1) is 11.3 Å². The summed E-state index contributed by atoms with van der Waals surface area (Å²) < 4.78 is 26.7. The summed E-state index contributed by atoms with van der Waals surface area (Å²) in [6, 6.07) is 4.59. The second kappa shape index (κ2) is 5.87. The topological polar surface area (TPSA) is 71.1 Å². The van der Waals surface area contributed by atoms with E-state index < -0.39 is 10.0 Å². The molecule has 2 rings (SSSR count). The van der Waals surface area contributed by atoms with E-state index in [1.807, 2.05) is 0 Å². The fourth-order valence-corrected chi connectivity index (χ4v) is 3.52. The van der Waals surface area contributed by atoms with Crippen molar-refractivity contribution in [2.24, 2.45) is 0 Å². The summed E-state index contributed by atoms with van der Waals surface area (Å²) in [5.74, 6) is 0. The number of thiazole rings is 1. The molecular formula is C11H12ClN3O2S2. The average Bonchev–Trinajstić information content (AvgIpc) is 2.84. The predicted octanol–water partition coefficient (Wildman–Crippen LogP) is 2.32. The molecule has 0 saturated carbocycles. The van der Waals surface area contributed by atoms with Gasteiger partial charge in [0.15, 0.2) is 5.13 Å². The average molecular weight is 318 g/mol. The van der Waals surface area contributed by atoms with Gasteiger partial charge in [0.05, 0.1) is 4.90 Å². The van der Waals surface area contributed by atoms with Crippen molar-refractivity contribution < 1.29 is 8.42 Å². The molecule has 0 amide bonds. The minimum absolute atomic E-state index is 0.164. The minimum atomic E-state index is -3.63. The molecule has 0 aliphatic rings. The van der Waals surface area contributed by atoms with Crippen LogP contribution in [0.2, 0.25) is 5.02 Å². The van der Waals surface area contributed by atoms with Crippen molar-refractivity contribution in [1.29, 1.82) is 0 Å². The summed E-state index contributed by atoms with van der Waals surface area (Å²) in [6.07, 6.45) is 1.54. The molecule has 0 fully saturated rings. The summed E-state index contributed by atoms with van der Waals surface area (Å²) in [4.78, 5) is 4.06. The van der Waals surface area contributed by atoms with E-state index in [1.54, 1.807) is 24.6 Å². The molecule has 0 saturated heterocycles. The lowest BCUT2D eigenvalue weighted by molar-refractivity contribution is 0.601. The number of benzene rings is 1. The van der Waals surface area contributed by atoms with Gasteiger partial charge < -0.3 is 5.32 Å². The van der Waals surface area contributed by atoms with Crippen molar-refractivity contribution in [1.82, 2.24) is 10.3 Å². The number of nitrogens with zero attached hydrogens (tertiary/aromatic N) is 1. The van der Waals surface area contributed by atoms with Gasteiger partial charge in [0.2, 0.25) is 0 Å². The second-order valence-corrected chi connectivity index (χ2v) is 6.71. The minimum Gasteiger partial charge on any atom is -0.316 e. The molecule has 2 N–H and O–H groups in total. The van der Waals surface area contributed by atoms with Crippen LogP contribution in [0.5, 0.6) is 0 Å². The Balaban J connectivity index is 2.32. The van der Waals surface area contributed by atoms with Crippen molar-refractivity contribution >= 4 is 38.1 Å². The molecule has 0 aliphatic carbocycles. The number of anilines is 1. The smallest absolute Gasteiger partial charge is 0.263 e. The molecule has 0 unspecified atom stereocenters. The lowest BCUT2D eigenvalue weighted by Crippen LogP contribution is -2.14. The quantitative estimate of drug-likeness (QED) is 0.888. The van der Waals surface area contributed by atoms with Crippen LogP contribution in [-0.4, -0.2) is 20.4 Å². The third kappa shape index (κ3) is 3.44. The summed E-state index contributed by atoms with van der Waals surface area (Å²) >= 11 is 7.22. The van der Waals surface area contributed by atoms with E-state index in [-0.39, 0.29) is 4.90 Å². The van der Waals surface area contributed by atoms with Crippen LogP contribution in [0.3, 0.4) is 0 Å². The maximum Gasteiger partial charge on any atom is 0.263 e. The lowest BCUT2D eigenvalue weighted by atomic mass is 10.2. The molecule has 0 spiro atoms. The molecule has 19 heavy (non-hydrogen) atoms. The molecule has 0 bridgehead atoms. The first-order valence-corrected chi connectivity index (χ1v) is 8.12. The Kier molecular flexibility index (Phi) is 4.41. The SMILES string of the molecule is CNCc1cc(S(=O)(=O)Nc2nccs2)ccc1Cl. The van der Waals surface area contributed by atoms with Crippen LogP contribution in [0.15, 0.2) is 34.7 Å². The summed E-state index contributed by atoms with van der Waals surface area (Å²) in [6.45, 7) is 0.499. The van der Waals surface area contributed by atoms with E-state index in [0.29, 0.717) is 16.7 Å². The number of aromatic nitrogens is 1. The zero-order valence-electron chi connectivity index (χ0n) is 10.1. The fraction of sp³-hybridized carbons (Fsp3) is 0.182. The molecule has 0 aliphatic heterocycles. The number of halogens is 1. The van der Waals surface area contributed by atoms with Gasteiger partial charge in [-0.1, -0.05) is 11.6 Å². The Morgan fingerprint density at radius 3 is 2.84 bits per heavy atom. The number of hydrogen-bond donors (Lipinski definition) is 2. The highest BCUT2D eigenvalue weighted by Gasteiger charge is 2.16. The first-order valence-electron chi connectivity index (χ1n) is 5.38. The van der Waals surface area contributed by atoms with Gasteiger partial charge in [0, 0.05) is 23.1 Å². The van der Waals surface area contributed by atoms with Gasteiger partial charge in [0.1, 0.15) is 0 Å². The number of rotatable bonds is 5. The van der Waals surface area contributed by atoms with Crippen LogP contribution in [-0.2, 0) is 16.6 Å². The first kappa shape index (κ1) is 14.3. The van der Waals surface area contributed by atoms with E-state index in [0.717, 1.165) is 5.56 Å². The van der Waals surface area contributed by atoms with E-state index >= 15 is 0 Å². The maximum atomic E-state index is 12.2. The number of hydrogen-bond acceptors (Lipinski definition) is 5. The molecule has 1 aromatic heterocycles. The van der Waals surface area contributed by atoms with Crippen LogP contribution in [0.25, 0.3) is 0 Å². The van der Waals surface area contributed by atoms with Crippen molar-refractivity contribution in [2.75, 3.05) is 11.8 Å². The zero-order valence-corrected chi connectivity index (χ0v) is 12.4. The highest BCUT2D eigenvalue weighted by atomic mass is 35.5. The van der Waals surface area contributed by atoms with E-state index in [9.17, 15) is 8.42 Å². The van der Waals surface area contributed by atoms with Gasteiger partial charge in [-0.05, 0) is 30.8 Å². The van der Waals surface area contributed by atoms with Gasteiger partial charge >= 0.3 is 0 Å². The standard InChI is InChI=1S/C11H12ClN3O2S2/c1-13-7-8-6-9(2-3-10(8)12)19(16,17)15-11-14-4-5-18-11/h2-6,13H,7H2,1H3,(H,14,15). The molecule has 5 nitrogen and oxygen atoms in total. The molecule has 1 aromatic carbocycles. The summed E-state index contributed by atoms with van der Waals surface area (Å²) in [5, 5.41) is 5.51. The van der Waals surface area contributed by atoms with Gasteiger partial charge in [-0.25, -0.2) is 13.4 Å². The third-order valence-electron chi connectivity index (χ3n) is 2.35. The summed E-state index contributed by atoms with van der Waals surface area (Å²) in [7, 11) is -1.86. The Bertz CT molecular complexity index is 657. The molecule has 1 heterocycles. The van der Waals surface area contributed by atoms with Gasteiger partial charge in [-0.2, -0.15) is 0 Å². The number of nitrogens with one attached hydrogen (secondary N) is 2. The molecular weight excluding hydrogens is 306 g/mol. The van der Waals surface area contributed by atoms with E-state index in [4.69, 9.17) is 11.6 Å². The van der Waals surface area contributed by atoms with Crippen LogP contribution in [0.1, 0.15) is 5.56 Å². The molecule has 2 aromatic rings. The highest BCUT2D eigenvalue weighted by molar-refractivity contribution is 7.93. The fourth-order valence-electron chi connectivity index (χ4n) is 1.49. The van der Waals surface area contributed by atoms with Crippen LogP contribution < -0.4 is 10.0 Å². The Labute approximate surface area is 120 Å². The molecule has 0 radical (unpaired) electrons. The predicted molar refractivity (Wildman–Crippen MR) is 77.1 cm³/mol. The third-order valence-corrected chi connectivity index (χ3v) is 4.87. The lowest BCUT2D eigenvalue weighted by Gasteiger charge is -2.08. The summed E-state index contributed by atoms with van der Waals surface area (Å²) in [5.41, 5.74) is 0.728. The van der Waals surface area contributed by atoms with E-state index in [1.165, 1.54) is 23.6 Å². The second-order valence-electron chi connectivity index (χ2n) is 3.73. The van der Waals surface area contributed by atoms with Crippen molar-refractivity contribution in [3.63, 3.8) is 0 Å². The largest absolute Gasteiger partial charge is 0.316 e. The van der Waals surface area contributed by atoms with Gasteiger partial charge in [-0.3, -0.25) is 4.72 Å². The monoisotopic (exact) mass is 317 g/mol. The Morgan fingerprint density at radius 1 is 1.42 bits per heavy atom. The Hall–Kier alpha value is -1.15. The number of sulfonamides is 1. The van der Waals surface area contributed by atoms with Crippen molar-refractivity contribution in [3.05, 3.63) is 40.4 Å². The first-order chi connectivity index (χ1) is 9.03. The normalized spacial score (nSPS) is 11.5. The molecule has 8 heteroatoms. The van der Waals surface area contributed by atoms with Crippen LogP contribution in [0, 0.1) is 0 Å². The van der Waals surface area contributed by atoms with E-state index in [2.05, 4.69) is 15.0 Å². The highest BCUT2D eigenvalue weighted by Crippen LogP contribution is 2.23. The van der Waals surface area contributed by atoms with Crippen LogP contribution >= 0.6 is 22.9 Å². The van der Waals surface area contributed by atoms with Gasteiger partial charge in [0.25, 0.3) is 10.0 Å². The Morgan fingerprint density at radius 2 is 2.21 bits per heavy atom. The van der Waals surface area contributed by atoms with Crippen LogP contribution in [0.4, 0.5) is 5.13 Å². The zero-order chi connectivity index (χ0) is 13.9.